The summed E-state index contributed by atoms with van der Waals surface area (Å²) in [7, 11) is 0. The van der Waals surface area contributed by atoms with E-state index in [9.17, 15) is 4.79 Å². The Labute approximate surface area is 133 Å². The average molecular weight is 314 g/mol. The number of carbonyl (C=O) groups is 1. The van der Waals surface area contributed by atoms with Crippen molar-refractivity contribution in [2.45, 2.75) is 82.2 Å². The number of hydrogen-bond donors (Lipinski definition) is 2. The van der Waals surface area contributed by atoms with Crippen molar-refractivity contribution in [3.05, 3.63) is 0 Å². The van der Waals surface area contributed by atoms with Crippen LogP contribution in [0.4, 0.5) is 4.79 Å². The van der Waals surface area contributed by atoms with Crippen molar-refractivity contribution < 1.29 is 9.53 Å². The van der Waals surface area contributed by atoms with Gasteiger partial charge in [-0.25, -0.2) is 4.79 Å². The summed E-state index contributed by atoms with van der Waals surface area (Å²) < 4.78 is 5.73. The molecule has 2 rings (SSSR count). The highest BCUT2D eigenvalue weighted by atomic mass is 32.2. The summed E-state index contributed by atoms with van der Waals surface area (Å²) in [6.45, 7) is 9.13. The third kappa shape index (κ3) is 5.70. The monoisotopic (exact) mass is 314 g/mol. The van der Waals surface area contributed by atoms with Crippen LogP contribution < -0.4 is 10.6 Å². The Morgan fingerprint density at radius 1 is 1.33 bits per heavy atom. The molecular weight excluding hydrogens is 284 g/mol. The first-order chi connectivity index (χ1) is 9.76. The maximum atomic E-state index is 11.8. The van der Waals surface area contributed by atoms with Crippen LogP contribution >= 0.6 is 11.8 Å². The van der Waals surface area contributed by atoms with E-state index in [1.54, 1.807) is 0 Å². The van der Waals surface area contributed by atoms with Gasteiger partial charge in [0.15, 0.2) is 0 Å². The van der Waals surface area contributed by atoms with E-state index >= 15 is 0 Å². The van der Waals surface area contributed by atoms with Crippen molar-refractivity contribution in [3.63, 3.8) is 0 Å². The topological polar surface area (TPSA) is 50.4 Å². The van der Waals surface area contributed by atoms with Gasteiger partial charge < -0.3 is 15.4 Å². The summed E-state index contributed by atoms with van der Waals surface area (Å²) in [6.07, 6.45) is 5.57. The Balaban J connectivity index is 1.67. The number of nitrogens with one attached hydrogen (secondary N) is 2. The molecule has 0 spiro atoms. The zero-order valence-electron chi connectivity index (χ0n) is 13.8. The average Bonchev–Trinajstić information content (AvgIpc) is 2.94. The Hall–Kier alpha value is -0.420. The van der Waals surface area contributed by atoms with Crippen LogP contribution in [-0.4, -0.2) is 40.8 Å². The Bertz CT molecular complexity index is 362. The largest absolute Gasteiger partial charge is 0.444 e. The minimum absolute atomic E-state index is 0.251. The van der Waals surface area contributed by atoms with Gasteiger partial charge in [0, 0.05) is 23.4 Å². The van der Waals surface area contributed by atoms with Crippen LogP contribution in [0.5, 0.6) is 0 Å². The maximum Gasteiger partial charge on any atom is 0.407 e. The summed E-state index contributed by atoms with van der Waals surface area (Å²) in [4.78, 5) is 11.8. The van der Waals surface area contributed by atoms with Crippen molar-refractivity contribution >= 4 is 17.9 Å². The molecule has 3 unspecified atom stereocenters. The highest BCUT2D eigenvalue weighted by Gasteiger charge is 2.32. The Morgan fingerprint density at radius 3 is 2.67 bits per heavy atom. The highest BCUT2D eigenvalue weighted by Crippen LogP contribution is 2.37. The lowest BCUT2D eigenvalue weighted by atomic mass is 10.1. The molecule has 2 aliphatic rings. The first kappa shape index (κ1) is 16.9. The third-order valence-corrected chi connectivity index (χ3v) is 5.76. The predicted octanol–water partition coefficient (Wildman–Crippen LogP) is 3.31. The molecule has 1 heterocycles. The van der Waals surface area contributed by atoms with Crippen molar-refractivity contribution in [1.29, 1.82) is 0 Å². The lowest BCUT2D eigenvalue weighted by molar-refractivity contribution is 0.0505. The van der Waals surface area contributed by atoms with Gasteiger partial charge in [-0.3, -0.25) is 0 Å². The SMILES string of the molecule is CC(C)(C)OC(=O)NC1CCC(NCC2(C)CCCS2)C1. The molecule has 2 fully saturated rings. The minimum atomic E-state index is -0.422. The summed E-state index contributed by atoms with van der Waals surface area (Å²) in [6, 6.07) is 0.782. The van der Waals surface area contributed by atoms with E-state index in [0.717, 1.165) is 25.8 Å². The van der Waals surface area contributed by atoms with Crippen LogP contribution in [0.2, 0.25) is 0 Å². The van der Waals surface area contributed by atoms with Gasteiger partial charge in [0.2, 0.25) is 0 Å². The minimum Gasteiger partial charge on any atom is -0.444 e. The van der Waals surface area contributed by atoms with Gasteiger partial charge in [0.05, 0.1) is 0 Å². The van der Waals surface area contributed by atoms with Crippen LogP contribution in [0.3, 0.4) is 0 Å². The molecule has 122 valence electrons. The fourth-order valence-corrected chi connectivity index (χ4v) is 4.36. The smallest absolute Gasteiger partial charge is 0.407 e. The quantitative estimate of drug-likeness (QED) is 0.836. The molecule has 5 heteroatoms. The van der Waals surface area contributed by atoms with Gasteiger partial charge in [0.25, 0.3) is 0 Å². The van der Waals surface area contributed by atoms with Crippen LogP contribution in [0, 0.1) is 0 Å². The van der Waals surface area contributed by atoms with E-state index in [2.05, 4.69) is 29.3 Å². The number of hydrogen-bond acceptors (Lipinski definition) is 4. The fraction of sp³-hybridized carbons (Fsp3) is 0.938. The zero-order valence-corrected chi connectivity index (χ0v) is 14.6. The first-order valence-corrected chi connectivity index (χ1v) is 9.11. The van der Waals surface area contributed by atoms with Gasteiger partial charge >= 0.3 is 6.09 Å². The molecule has 1 aliphatic heterocycles. The Kier molecular flexibility index (Phi) is 5.47. The van der Waals surface area contributed by atoms with Crippen molar-refractivity contribution in [1.82, 2.24) is 10.6 Å². The van der Waals surface area contributed by atoms with E-state index in [-0.39, 0.29) is 12.1 Å². The lowest BCUT2D eigenvalue weighted by Gasteiger charge is -2.25. The molecule has 1 aliphatic carbocycles. The van der Waals surface area contributed by atoms with E-state index in [4.69, 9.17) is 4.74 Å². The molecule has 2 N–H and O–H groups in total. The van der Waals surface area contributed by atoms with E-state index in [1.807, 2.05) is 20.8 Å². The second-order valence-electron chi connectivity index (χ2n) is 7.64. The standard InChI is InChI=1S/C16H30N2O2S/c1-15(2,3)20-14(19)18-13-7-6-12(10-13)17-11-16(4)8-5-9-21-16/h12-13,17H,5-11H2,1-4H3,(H,18,19). The fourth-order valence-electron chi connectivity index (χ4n) is 3.11. The number of rotatable bonds is 4. The highest BCUT2D eigenvalue weighted by molar-refractivity contribution is 8.00. The van der Waals surface area contributed by atoms with Crippen molar-refractivity contribution in [3.8, 4) is 0 Å². The van der Waals surface area contributed by atoms with Gasteiger partial charge in [-0.2, -0.15) is 11.8 Å². The molecule has 3 atom stereocenters. The predicted molar refractivity (Wildman–Crippen MR) is 88.9 cm³/mol. The second-order valence-corrected chi connectivity index (χ2v) is 9.32. The number of amides is 1. The van der Waals surface area contributed by atoms with E-state index in [1.165, 1.54) is 18.6 Å². The van der Waals surface area contributed by atoms with Crippen LogP contribution in [0.25, 0.3) is 0 Å². The molecule has 1 saturated carbocycles. The molecular formula is C16H30N2O2S. The summed E-state index contributed by atoms with van der Waals surface area (Å²) in [5, 5.41) is 6.70. The summed E-state index contributed by atoms with van der Waals surface area (Å²) in [5.74, 6) is 1.30. The molecule has 0 bridgehead atoms. The normalized spacial score (nSPS) is 33.1. The molecule has 21 heavy (non-hydrogen) atoms. The molecule has 0 radical (unpaired) electrons. The first-order valence-electron chi connectivity index (χ1n) is 8.13. The molecule has 1 amide bonds. The van der Waals surface area contributed by atoms with Crippen LogP contribution in [0.1, 0.15) is 59.8 Å². The van der Waals surface area contributed by atoms with Gasteiger partial charge in [-0.15, -0.1) is 0 Å². The van der Waals surface area contributed by atoms with Crippen molar-refractivity contribution in [2.75, 3.05) is 12.3 Å². The zero-order chi connectivity index (χ0) is 15.5. The second kappa shape index (κ2) is 6.78. The van der Waals surface area contributed by atoms with Gasteiger partial charge in [-0.1, -0.05) is 0 Å². The van der Waals surface area contributed by atoms with E-state index in [0.29, 0.717) is 10.8 Å². The number of thioether (sulfide) groups is 1. The molecule has 4 nitrogen and oxygen atoms in total. The number of carbonyl (C=O) groups excluding carboxylic acids is 1. The molecule has 1 saturated heterocycles. The van der Waals surface area contributed by atoms with Crippen molar-refractivity contribution in [2.24, 2.45) is 0 Å². The Morgan fingerprint density at radius 2 is 2.05 bits per heavy atom. The lowest BCUT2D eigenvalue weighted by Crippen LogP contribution is -2.41. The van der Waals surface area contributed by atoms with Gasteiger partial charge in [-0.05, 0) is 65.6 Å². The maximum absolute atomic E-state index is 11.8. The summed E-state index contributed by atoms with van der Waals surface area (Å²) >= 11 is 2.09. The molecule has 0 aromatic rings. The van der Waals surface area contributed by atoms with E-state index < -0.39 is 5.60 Å². The number of alkyl carbamates (subject to hydrolysis) is 1. The third-order valence-electron chi connectivity index (χ3n) is 4.22. The number of ether oxygens (including phenoxy) is 1. The van der Waals surface area contributed by atoms with Crippen LogP contribution in [0.15, 0.2) is 0 Å². The summed E-state index contributed by atoms with van der Waals surface area (Å²) in [5.41, 5.74) is -0.422. The van der Waals surface area contributed by atoms with Crippen LogP contribution in [-0.2, 0) is 4.74 Å². The molecule has 0 aromatic carbocycles. The van der Waals surface area contributed by atoms with Gasteiger partial charge in [0.1, 0.15) is 5.60 Å². The molecule has 0 aromatic heterocycles.